The van der Waals surface area contributed by atoms with Crippen LogP contribution in [0.2, 0.25) is 0 Å². The smallest absolute Gasteiger partial charge is 0.333 e. The first-order valence-electron chi connectivity index (χ1n) is 4.55. The Morgan fingerprint density at radius 1 is 1.40 bits per heavy atom. The van der Waals surface area contributed by atoms with Crippen LogP contribution in [-0.4, -0.2) is 23.7 Å². The van der Waals surface area contributed by atoms with Crippen LogP contribution in [0.1, 0.15) is 27.7 Å². The fraction of sp³-hybridized carbons (Fsp3) is 0.455. The Kier molecular flexibility index (Phi) is 9.52. The van der Waals surface area contributed by atoms with Crippen molar-refractivity contribution >= 4 is 11.9 Å². The van der Waals surface area contributed by atoms with Gasteiger partial charge in [0.2, 0.25) is 0 Å². The second-order valence-corrected chi connectivity index (χ2v) is 2.78. The zero-order chi connectivity index (χ0) is 12.4. The standard InChI is InChI=1S/C6H10O2.C5H8O2/c1-4-8-6(7)5(2)3;1-3-4(2)5(6)7/h2,4H2,1,3H3;3H,1-2H3,(H,6,7). The summed E-state index contributed by atoms with van der Waals surface area (Å²) in [6.07, 6.45) is 1.56. The number of carbonyl (C=O) groups is 2. The van der Waals surface area contributed by atoms with Gasteiger partial charge in [0.15, 0.2) is 0 Å². The summed E-state index contributed by atoms with van der Waals surface area (Å²) in [4.78, 5) is 20.3. The zero-order valence-corrected chi connectivity index (χ0v) is 9.66. The predicted octanol–water partition coefficient (Wildman–Crippen LogP) is 2.16. The Morgan fingerprint density at radius 2 is 1.87 bits per heavy atom. The summed E-state index contributed by atoms with van der Waals surface area (Å²) in [5.41, 5.74) is 0.840. The van der Waals surface area contributed by atoms with Crippen LogP contribution < -0.4 is 0 Å². The van der Waals surface area contributed by atoms with Crippen molar-refractivity contribution in [1.29, 1.82) is 0 Å². The average molecular weight is 214 g/mol. The number of hydrogen-bond acceptors (Lipinski definition) is 3. The number of aliphatic carboxylic acids is 1. The van der Waals surface area contributed by atoms with Crippen molar-refractivity contribution in [2.45, 2.75) is 27.7 Å². The molecule has 0 radical (unpaired) electrons. The Morgan fingerprint density at radius 3 is 1.93 bits per heavy atom. The quantitative estimate of drug-likeness (QED) is 0.577. The van der Waals surface area contributed by atoms with E-state index in [0.717, 1.165) is 0 Å². The molecule has 0 atom stereocenters. The summed E-state index contributed by atoms with van der Waals surface area (Å²) in [6, 6.07) is 0. The second kappa shape index (κ2) is 8.99. The Bertz CT molecular complexity index is 264. The van der Waals surface area contributed by atoms with Crippen LogP contribution in [0.5, 0.6) is 0 Å². The highest BCUT2D eigenvalue weighted by molar-refractivity contribution is 5.86. The van der Waals surface area contributed by atoms with Crippen LogP contribution in [0.3, 0.4) is 0 Å². The van der Waals surface area contributed by atoms with Gasteiger partial charge in [-0.05, 0) is 27.7 Å². The van der Waals surface area contributed by atoms with Gasteiger partial charge >= 0.3 is 11.9 Å². The van der Waals surface area contributed by atoms with Crippen LogP contribution >= 0.6 is 0 Å². The van der Waals surface area contributed by atoms with Crippen molar-refractivity contribution < 1.29 is 19.4 Å². The van der Waals surface area contributed by atoms with Crippen molar-refractivity contribution in [2.24, 2.45) is 0 Å². The molecular weight excluding hydrogens is 196 g/mol. The number of carbonyl (C=O) groups excluding carboxylic acids is 1. The molecule has 4 heteroatoms. The number of ether oxygens (including phenoxy) is 1. The van der Waals surface area contributed by atoms with Gasteiger partial charge in [0.25, 0.3) is 0 Å². The third-order valence-electron chi connectivity index (χ3n) is 1.39. The summed E-state index contributed by atoms with van der Waals surface area (Å²) in [5, 5.41) is 8.11. The third kappa shape index (κ3) is 10.3. The lowest BCUT2D eigenvalue weighted by Crippen LogP contribution is -2.03. The second-order valence-electron chi connectivity index (χ2n) is 2.78. The van der Waals surface area contributed by atoms with Crippen molar-refractivity contribution in [3.05, 3.63) is 23.8 Å². The van der Waals surface area contributed by atoms with Crippen LogP contribution in [0, 0.1) is 0 Å². The lowest BCUT2D eigenvalue weighted by molar-refractivity contribution is -0.138. The fourth-order valence-electron chi connectivity index (χ4n) is 0.378. The highest BCUT2D eigenvalue weighted by Gasteiger charge is 1.98. The maximum absolute atomic E-state index is 10.4. The molecule has 0 amide bonds. The topological polar surface area (TPSA) is 63.6 Å². The molecule has 86 valence electrons. The van der Waals surface area contributed by atoms with Gasteiger partial charge < -0.3 is 9.84 Å². The van der Waals surface area contributed by atoms with Crippen molar-refractivity contribution in [2.75, 3.05) is 6.61 Å². The normalized spacial score (nSPS) is 9.73. The summed E-state index contributed by atoms with van der Waals surface area (Å²) in [5.74, 6) is -1.16. The monoisotopic (exact) mass is 214 g/mol. The van der Waals surface area contributed by atoms with E-state index in [4.69, 9.17) is 5.11 Å². The summed E-state index contributed by atoms with van der Waals surface area (Å²) >= 11 is 0. The van der Waals surface area contributed by atoms with Crippen LogP contribution in [-0.2, 0) is 14.3 Å². The fourth-order valence-corrected chi connectivity index (χ4v) is 0.378. The summed E-state index contributed by atoms with van der Waals surface area (Å²) in [6.45, 7) is 10.5. The molecule has 0 aromatic carbocycles. The lowest BCUT2D eigenvalue weighted by atomic mass is 10.3. The Hall–Kier alpha value is -1.58. The van der Waals surface area contributed by atoms with Crippen LogP contribution in [0.15, 0.2) is 23.8 Å². The van der Waals surface area contributed by atoms with Gasteiger partial charge in [-0.15, -0.1) is 0 Å². The molecule has 0 aromatic heterocycles. The molecule has 0 bridgehead atoms. The molecule has 15 heavy (non-hydrogen) atoms. The highest BCUT2D eigenvalue weighted by atomic mass is 16.5. The van der Waals surface area contributed by atoms with E-state index in [1.807, 2.05) is 0 Å². The zero-order valence-electron chi connectivity index (χ0n) is 9.66. The number of hydrogen-bond donors (Lipinski definition) is 1. The first kappa shape index (κ1) is 15.9. The van der Waals surface area contributed by atoms with E-state index in [1.54, 1.807) is 33.8 Å². The SMILES string of the molecule is C=C(C)C(=O)OCC.CC=C(C)C(=O)O. The molecule has 1 N–H and O–H groups in total. The number of carboxylic acids is 1. The van der Waals surface area contributed by atoms with Gasteiger partial charge in [-0.25, -0.2) is 9.59 Å². The van der Waals surface area contributed by atoms with E-state index in [9.17, 15) is 9.59 Å². The van der Waals surface area contributed by atoms with E-state index in [1.165, 1.54) is 0 Å². The van der Waals surface area contributed by atoms with Gasteiger partial charge in [0.1, 0.15) is 0 Å². The molecule has 0 spiro atoms. The van der Waals surface area contributed by atoms with Gasteiger partial charge in [-0.2, -0.15) is 0 Å². The maximum Gasteiger partial charge on any atom is 0.333 e. The predicted molar refractivity (Wildman–Crippen MR) is 58.5 cm³/mol. The maximum atomic E-state index is 10.4. The minimum absolute atomic E-state index is 0.312. The number of rotatable bonds is 3. The molecule has 0 fully saturated rings. The largest absolute Gasteiger partial charge is 0.478 e. The Labute approximate surface area is 90.2 Å². The molecular formula is C11H18O4. The van der Waals surface area contributed by atoms with Gasteiger partial charge in [-0.3, -0.25) is 0 Å². The minimum Gasteiger partial charge on any atom is -0.478 e. The molecule has 0 aliphatic heterocycles. The van der Waals surface area contributed by atoms with E-state index in [-0.39, 0.29) is 5.97 Å². The molecule has 4 nitrogen and oxygen atoms in total. The molecule has 0 aromatic rings. The molecule has 0 aliphatic carbocycles. The molecule has 0 aliphatic rings. The van der Waals surface area contributed by atoms with Crippen molar-refractivity contribution in [1.82, 2.24) is 0 Å². The average Bonchev–Trinajstić information content (AvgIpc) is 2.17. The van der Waals surface area contributed by atoms with Gasteiger partial charge in [-0.1, -0.05) is 12.7 Å². The van der Waals surface area contributed by atoms with Crippen molar-refractivity contribution in [3.63, 3.8) is 0 Å². The van der Waals surface area contributed by atoms with E-state index in [2.05, 4.69) is 11.3 Å². The number of allylic oxidation sites excluding steroid dienone is 1. The van der Waals surface area contributed by atoms with Gasteiger partial charge in [0, 0.05) is 11.1 Å². The molecule has 0 unspecified atom stereocenters. The molecule has 0 saturated carbocycles. The van der Waals surface area contributed by atoms with Crippen LogP contribution in [0.25, 0.3) is 0 Å². The highest BCUT2D eigenvalue weighted by Crippen LogP contribution is 1.89. The molecule has 0 saturated heterocycles. The molecule has 0 rings (SSSR count). The van der Waals surface area contributed by atoms with Crippen LogP contribution in [0.4, 0.5) is 0 Å². The van der Waals surface area contributed by atoms with Crippen molar-refractivity contribution in [3.8, 4) is 0 Å². The first-order chi connectivity index (χ1) is 6.86. The Balaban J connectivity index is 0. The van der Waals surface area contributed by atoms with Gasteiger partial charge in [0.05, 0.1) is 6.61 Å². The lowest BCUT2D eigenvalue weighted by Gasteiger charge is -1.96. The first-order valence-corrected chi connectivity index (χ1v) is 4.55. The van der Waals surface area contributed by atoms with E-state index < -0.39 is 5.97 Å². The summed E-state index contributed by atoms with van der Waals surface area (Å²) in [7, 11) is 0. The van der Waals surface area contributed by atoms with E-state index in [0.29, 0.717) is 17.8 Å². The molecule has 0 heterocycles. The van der Waals surface area contributed by atoms with E-state index >= 15 is 0 Å². The minimum atomic E-state index is -0.845. The third-order valence-corrected chi connectivity index (χ3v) is 1.39. The number of carboxylic acid groups (broad SMARTS) is 1. The summed E-state index contributed by atoms with van der Waals surface area (Å²) < 4.78 is 4.56. The number of esters is 1.